The third-order valence-corrected chi connectivity index (χ3v) is 3.50. The number of likely N-dealkylation sites (N-methyl/N-ethyl adjacent to an activating group) is 1. The van der Waals surface area contributed by atoms with Crippen molar-refractivity contribution < 1.29 is 9.21 Å². The molecule has 3 N–H and O–H groups in total. The maximum absolute atomic E-state index is 12.0. The van der Waals surface area contributed by atoms with Gasteiger partial charge in [0, 0.05) is 6.54 Å². The smallest absolute Gasteiger partial charge is 0.340 e. The Bertz CT molecular complexity index is 627. The van der Waals surface area contributed by atoms with Gasteiger partial charge >= 0.3 is 5.69 Å². The number of nitrogens with zero attached hydrogens (tertiary/aromatic N) is 2. The van der Waals surface area contributed by atoms with Crippen molar-refractivity contribution in [1.82, 2.24) is 25.4 Å². The van der Waals surface area contributed by atoms with Crippen LogP contribution in [0.1, 0.15) is 31.5 Å². The number of nitrogens with one attached hydrogen (secondary N) is 3. The van der Waals surface area contributed by atoms with E-state index in [1.807, 2.05) is 12.1 Å². The van der Waals surface area contributed by atoms with Gasteiger partial charge in [0.1, 0.15) is 11.6 Å². The van der Waals surface area contributed by atoms with Crippen LogP contribution in [0.4, 0.5) is 0 Å². The van der Waals surface area contributed by atoms with Crippen molar-refractivity contribution in [2.45, 2.75) is 26.3 Å². The molecule has 2 rings (SSSR count). The molecule has 0 aliphatic carbocycles. The maximum atomic E-state index is 12.0. The molecule has 0 unspecified atom stereocenters. The number of amides is 1. The van der Waals surface area contributed by atoms with E-state index >= 15 is 0 Å². The highest BCUT2D eigenvalue weighted by Gasteiger charge is 2.21. The van der Waals surface area contributed by atoms with Crippen LogP contribution in [0.2, 0.25) is 0 Å². The van der Waals surface area contributed by atoms with Crippen LogP contribution in [-0.4, -0.2) is 45.6 Å². The fourth-order valence-corrected chi connectivity index (χ4v) is 2.37. The average Bonchev–Trinajstić information content (AvgIpc) is 3.15. The molecule has 0 aliphatic heterocycles. The zero-order valence-corrected chi connectivity index (χ0v) is 12.8. The van der Waals surface area contributed by atoms with Crippen molar-refractivity contribution in [2.24, 2.45) is 0 Å². The Morgan fingerprint density at radius 2 is 2.23 bits per heavy atom. The molecule has 0 saturated carbocycles. The number of aromatic nitrogens is 3. The lowest BCUT2D eigenvalue weighted by Gasteiger charge is -2.28. The van der Waals surface area contributed by atoms with E-state index in [0.29, 0.717) is 12.4 Å². The fourth-order valence-electron chi connectivity index (χ4n) is 2.37. The molecule has 0 aliphatic rings. The largest absolute Gasteiger partial charge is 0.468 e. The lowest BCUT2D eigenvalue weighted by Crippen LogP contribution is -2.38. The molecule has 120 valence electrons. The molecule has 0 radical (unpaired) electrons. The van der Waals surface area contributed by atoms with E-state index in [-0.39, 0.29) is 18.4 Å². The molecule has 2 aromatic rings. The zero-order valence-electron chi connectivity index (χ0n) is 12.8. The molecule has 8 nitrogen and oxygen atoms in total. The second kappa shape index (κ2) is 7.60. The molecule has 0 spiro atoms. The summed E-state index contributed by atoms with van der Waals surface area (Å²) in [6.45, 7) is 6.27. The molecular formula is C14H21N5O3. The number of furan rings is 1. The van der Waals surface area contributed by atoms with Crippen molar-refractivity contribution in [3.8, 4) is 0 Å². The molecule has 1 atom stereocenters. The Hall–Kier alpha value is -2.35. The molecule has 0 aromatic carbocycles. The van der Waals surface area contributed by atoms with E-state index in [4.69, 9.17) is 4.42 Å². The molecular weight excluding hydrogens is 286 g/mol. The summed E-state index contributed by atoms with van der Waals surface area (Å²) in [5.41, 5.74) is -0.417. The molecule has 8 heteroatoms. The van der Waals surface area contributed by atoms with Crippen LogP contribution >= 0.6 is 0 Å². The Kier molecular flexibility index (Phi) is 5.54. The highest BCUT2D eigenvalue weighted by Crippen LogP contribution is 2.20. The van der Waals surface area contributed by atoms with Gasteiger partial charge in [-0.3, -0.25) is 14.7 Å². The molecule has 2 heterocycles. The first kappa shape index (κ1) is 16.0. The summed E-state index contributed by atoms with van der Waals surface area (Å²) in [6, 6.07) is 3.72. The molecule has 2 aromatic heterocycles. The minimum absolute atomic E-state index is 0.0211. The minimum atomic E-state index is -0.417. The number of carbonyl (C=O) groups excluding carboxylic acids is 1. The van der Waals surface area contributed by atoms with Crippen LogP contribution in [-0.2, 0) is 11.2 Å². The predicted molar refractivity (Wildman–Crippen MR) is 80.3 cm³/mol. The Labute approximate surface area is 127 Å². The van der Waals surface area contributed by atoms with Crippen molar-refractivity contribution in [3.63, 3.8) is 0 Å². The Morgan fingerprint density at radius 1 is 1.45 bits per heavy atom. The normalized spacial score (nSPS) is 12.5. The topological polar surface area (TPSA) is 107 Å². The first-order chi connectivity index (χ1) is 10.6. The van der Waals surface area contributed by atoms with E-state index in [0.717, 1.165) is 18.8 Å². The fraction of sp³-hybridized carbons (Fsp3) is 0.500. The van der Waals surface area contributed by atoms with Crippen LogP contribution in [0.25, 0.3) is 0 Å². The Balaban J connectivity index is 1.96. The summed E-state index contributed by atoms with van der Waals surface area (Å²) in [7, 11) is 0. The highest BCUT2D eigenvalue weighted by atomic mass is 16.3. The maximum Gasteiger partial charge on any atom is 0.340 e. The third kappa shape index (κ3) is 4.08. The second-order valence-electron chi connectivity index (χ2n) is 4.86. The summed E-state index contributed by atoms with van der Waals surface area (Å²) in [4.78, 5) is 27.6. The molecule has 1 amide bonds. The summed E-state index contributed by atoms with van der Waals surface area (Å²) in [5.74, 6) is 0.934. The number of rotatable bonds is 8. The van der Waals surface area contributed by atoms with Gasteiger partial charge in [0.15, 0.2) is 0 Å². The first-order valence-corrected chi connectivity index (χ1v) is 7.31. The average molecular weight is 307 g/mol. The lowest BCUT2D eigenvalue weighted by molar-refractivity contribution is -0.120. The summed E-state index contributed by atoms with van der Waals surface area (Å²) in [6.07, 6.45) is 1.66. The van der Waals surface area contributed by atoms with Crippen LogP contribution < -0.4 is 11.0 Å². The number of H-pyrrole nitrogens is 2. The number of aromatic amines is 2. The zero-order chi connectivity index (χ0) is 15.9. The molecule has 22 heavy (non-hydrogen) atoms. The summed E-state index contributed by atoms with van der Waals surface area (Å²) >= 11 is 0. The molecule has 0 fully saturated rings. The summed E-state index contributed by atoms with van der Waals surface area (Å²) in [5, 5.41) is 8.81. The van der Waals surface area contributed by atoms with Crippen molar-refractivity contribution in [3.05, 3.63) is 40.5 Å². The molecule has 0 bridgehead atoms. The highest BCUT2D eigenvalue weighted by molar-refractivity contribution is 5.77. The van der Waals surface area contributed by atoms with Gasteiger partial charge in [-0.25, -0.2) is 9.89 Å². The Morgan fingerprint density at radius 3 is 2.77 bits per heavy atom. The van der Waals surface area contributed by atoms with E-state index in [1.54, 1.807) is 6.26 Å². The van der Waals surface area contributed by atoms with Crippen LogP contribution in [0.15, 0.2) is 27.6 Å². The van der Waals surface area contributed by atoms with Crippen LogP contribution in [0.3, 0.4) is 0 Å². The van der Waals surface area contributed by atoms with Crippen molar-refractivity contribution in [1.29, 1.82) is 0 Å². The van der Waals surface area contributed by atoms with Gasteiger partial charge < -0.3 is 9.73 Å². The van der Waals surface area contributed by atoms with E-state index in [2.05, 4.69) is 39.2 Å². The second-order valence-corrected chi connectivity index (χ2v) is 4.86. The lowest BCUT2D eigenvalue weighted by atomic mass is 10.2. The SMILES string of the molecule is CCN(CC)[C@@H](CNC(=O)Cc1n[nH]c(=O)[nH]1)c1ccco1. The molecule has 0 saturated heterocycles. The first-order valence-electron chi connectivity index (χ1n) is 7.31. The van der Waals surface area contributed by atoms with Gasteiger partial charge in [-0.2, -0.15) is 5.10 Å². The van der Waals surface area contributed by atoms with Gasteiger partial charge in [0.25, 0.3) is 0 Å². The van der Waals surface area contributed by atoms with Gasteiger partial charge in [0.05, 0.1) is 18.7 Å². The van der Waals surface area contributed by atoms with Crippen LogP contribution in [0.5, 0.6) is 0 Å². The van der Waals surface area contributed by atoms with Gasteiger partial charge in [-0.05, 0) is 25.2 Å². The van der Waals surface area contributed by atoms with Crippen molar-refractivity contribution in [2.75, 3.05) is 19.6 Å². The van der Waals surface area contributed by atoms with E-state index in [9.17, 15) is 9.59 Å². The number of hydrogen-bond donors (Lipinski definition) is 3. The third-order valence-electron chi connectivity index (χ3n) is 3.50. The van der Waals surface area contributed by atoms with E-state index in [1.165, 1.54) is 0 Å². The van der Waals surface area contributed by atoms with Gasteiger partial charge in [-0.15, -0.1) is 0 Å². The summed E-state index contributed by atoms with van der Waals surface area (Å²) < 4.78 is 5.48. The van der Waals surface area contributed by atoms with E-state index < -0.39 is 5.69 Å². The quantitative estimate of drug-likeness (QED) is 0.656. The standard InChI is InChI=1S/C14H21N5O3/c1-3-19(4-2)10(11-6-5-7-22-11)9-15-13(20)8-12-16-14(21)18-17-12/h5-7,10H,3-4,8-9H2,1-2H3,(H,15,20)(H2,16,17,18,21)/t10-/m0/s1. The number of carbonyl (C=O) groups is 1. The van der Waals surface area contributed by atoms with Crippen molar-refractivity contribution >= 4 is 5.91 Å². The number of hydrogen-bond acceptors (Lipinski definition) is 5. The van der Waals surface area contributed by atoms with Gasteiger partial charge in [0.2, 0.25) is 5.91 Å². The monoisotopic (exact) mass is 307 g/mol. The van der Waals surface area contributed by atoms with Crippen LogP contribution in [0, 0.1) is 0 Å². The minimum Gasteiger partial charge on any atom is -0.468 e. The van der Waals surface area contributed by atoms with Gasteiger partial charge in [-0.1, -0.05) is 13.8 Å². The predicted octanol–water partition coefficient (Wildman–Crippen LogP) is 0.433.